The number of aromatic nitrogens is 2. The van der Waals surface area contributed by atoms with Gasteiger partial charge in [-0.2, -0.15) is 5.10 Å². The number of hydrogen-bond acceptors (Lipinski definition) is 2. The summed E-state index contributed by atoms with van der Waals surface area (Å²) in [7, 11) is 1.88. The number of benzene rings is 1. The van der Waals surface area contributed by atoms with Gasteiger partial charge in [-0.3, -0.25) is 4.68 Å². The zero-order chi connectivity index (χ0) is 12.4. The van der Waals surface area contributed by atoms with Crippen LogP contribution in [-0.4, -0.2) is 9.78 Å². The minimum absolute atomic E-state index is 0.131. The van der Waals surface area contributed by atoms with E-state index in [0.29, 0.717) is 12.2 Å². The predicted octanol–water partition coefficient (Wildman–Crippen LogP) is 3.13. The van der Waals surface area contributed by atoms with Gasteiger partial charge in [0.1, 0.15) is 5.82 Å². The van der Waals surface area contributed by atoms with Crippen LogP contribution in [0.25, 0.3) is 0 Å². The number of rotatable bonds is 3. The van der Waals surface area contributed by atoms with Gasteiger partial charge in [0.05, 0.1) is 23.0 Å². The van der Waals surface area contributed by atoms with Gasteiger partial charge in [0.2, 0.25) is 0 Å². The molecule has 90 valence electrons. The van der Waals surface area contributed by atoms with Gasteiger partial charge in [-0.25, -0.2) is 4.39 Å². The summed E-state index contributed by atoms with van der Waals surface area (Å²) in [4.78, 5) is 0. The van der Waals surface area contributed by atoms with E-state index in [1.807, 2.05) is 20.0 Å². The number of nitrogens with zero attached hydrogens (tertiary/aromatic N) is 2. The molecule has 1 heterocycles. The van der Waals surface area contributed by atoms with E-state index in [9.17, 15) is 4.39 Å². The maximum absolute atomic E-state index is 13.2. The zero-order valence-corrected chi connectivity index (χ0v) is 10.4. The van der Waals surface area contributed by atoms with Crippen molar-refractivity contribution < 1.29 is 4.39 Å². The van der Waals surface area contributed by atoms with Crippen molar-refractivity contribution in [2.45, 2.75) is 13.5 Å². The molecule has 0 aliphatic carbocycles. The summed E-state index contributed by atoms with van der Waals surface area (Å²) < 4.78 is 15.0. The second-order valence-electron chi connectivity index (χ2n) is 3.88. The van der Waals surface area contributed by atoms with Crippen molar-refractivity contribution in [1.29, 1.82) is 0 Å². The van der Waals surface area contributed by atoms with Gasteiger partial charge in [-0.05, 0) is 31.2 Å². The SMILES string of the molecule is Cc1cc(CNc2ccc(Cl)c(F)c2)n(C)n1. The lowest BCUT2D eigenvalue weighted by Crippen LogP contribution is -2.05. The second kappa shape index (κ2) is 4.75. The van der Waals surface area contributed by atoms with Crippen LogP contribution in [0.5, 0.6) is 0 Å². The Hall–Kier alpha value is -1.55. The lowest BCUT2D eigenvalue weighted by atomic mass is 10.3. The third kappa shape index (κ3) is 2.77. The van der Waals surface area contributed by atoms with E-state index in [1.54, 1.807) is 10.7 Å². The third-order valence-corrected chi connectivity index (χ3v) is 2.80. The van der Waals surface area contributed by atoms with E-state index in [1.165, 1.54) is 12.1 Å². The molecular weight excluding hydrogens is 241 g/mol. The maximum atomic E-state index is 13.2. The summed E-state index contributed by atoms with van der Waals surface area (Å²) in [6.07, 6.45) is 0. The molecule has 0 saturated carbocycles. The molecule has 0 amide bonds. The van der Waals surface area contributed by atoms with Crippen molar-refractivity contribution in [2.24, 2.45) is 7.05 Å². The van der Waals surface area contributed by atoms with E-state index >= 15 is 0 Å². The average molecular weight is 254 g/mol. The smallest absolute Gasteiger partial charge is 0.143 e. The Labute approximate surface area is 104 Å². The van der Waals surface area contributed by atoms with Crippen LogP contribution in [0.1, 0.15) is 11.4 Å². The first kappa shape index (κ1) is 11.9. The van der Waals surface area contributed by atoms with Gasteiger partial charge >= 0.3 is 0 Å². The summed E-state index contributed by atoms with van der Waals surface area (Å²) in [6.45, 7) is 2.53. The monoisotopic (exact) mass is 253 g/mol. The van der Waals surface area contributed by atoms with Crippen LogP contribution in [0.3, 0.4) is 0 Å². The topological polar surface area (TPSA) is 29.9 Å². The molecule has 0 aliphatic rings. The zero-order valence-electron chi connectivity index (χ0n) is 9.67. The molecule has 0 bridgehead atoms. The molecule has 0 saturated heterocycles. The summed E-state index contributed by atoms with van der Waals surface area (Å²) >= 11 is 5.61. The van der Waals surface area contributed by atoms with Crippen molar-refractivity contribution in [3.63, 3.8) is 0 Å². The Morgan fingerprint density at radius 3 is 2.76 bits per heavy atom. The number of nitrogens with one attached hydrogen (secondary N) is 1. The molecule has 0 unspecified atom stereocenters. The van der Waals surface area contributed by atoms with E-state index in [2.05, 4.69) is 10.4 Å². The van der Waals surface area contributed by atoms with Crippen molar-refractivity contribution >= 4 is 17.3 Å². The molecule has 0 fully saturated rings. The Morgan fingerprint density at radius 2 is 2.18 bits per heavy atom. The molecule has 3 nitrogen and oxygen atoms in total. The van der Waals surface area contributed by atoms with Crippen LogP contribution in [0.4, 0.5) is 10.1 Å². The highest BCUT2D eigenvalue weighted by molar-refractivity contribution is 6.30. The largest absolute Gasteiger partial charge is 0.379 e. The molecule has 1 aromatic heterocycles. The van der Waals surface area contributed by atoms with Crippen LogP contribution < -0.4 is 5.32 Å². The van der Waals surface area contributed by atoms with Gasteiger partial charge in [0, 0.05) is 12.7 Å². The highest BCUT2D eigenvalue weighted by Gasteiger charge is 2.03. The number of anilines is 1. The van der Waals surface area contributed by atoms with Crippen molar-refractivity contribution in [3.05, 3.63) is 46.5 Å². The Morgan fingerprint density at radius 1 is 1.41 bits per heavy atom. The fourth-order valence-electron chi connectivity index (χ4n) is 1.63. The minimum Gasteiger partial charge on any atom is -0.379 e. The van der Waals surface area contributed by atoms with Crippen LogP contribution in [0.15, 0.2) is 24.3 Å². The van der Waals surface area contributed by atoms with E-state index < -0.39 is 5.82 Å². The van der Waals surface area contributed by atoms with Crippen LogP contribution in [-0.2, 0) is 13.6 Å². The summed E-state index contributed by atoms with van der Waals surface area (Å²) in [5.41, 5.74) is 2.70. The summed E-state index contributed by atoms with van der Waals surface area (Å²) in [5.74, 6) is -0.419. The standard InChI is InChI=1S/C12H13ClFN3/c1-8-5-10(17(2)16-8)7-15-9-3-4-11(13)12(14)6-9/h3-6,15H,7H2,1-2H3. The first-order valence-corrected chi connectivity index (χ1v) is 5.62. The lowest BCUT2D eigenvalue weighted by Gasteiger charge is -2.07. The van der Waals surface area contributed by atoms with E-state index in [-0.39, 0.29) is 5.02 Å². The van der Waals surface area contributed by atoms with Crippen LogP contribution in [0, 0.1) is 12.7 Å². The molecule has 0 spiro atoms. The van der Waals surface area contributed by atoms with Gasteiger partial charge in [-0.15, -0.1) is 0 Å². The number of hydrogen-bond donors (Lipinski definition) is 1. The van der Waals surface area contributed by atoms with Crippen molar-refractivity contribution in [1.82, 2.24) is 9.78 Å². The highest BCUT2D eigenvalue weighted by atomic mass is 35.5. The first-order valence-electron chi connectivity index (χ1n) is 5.24. The Balaban J connectivity index is 2.07. The molecule has 0 atom stereocenters. The van der Waals surface area contributed by atoms with Gasteiger partial charge in [-0.1, -0.05) is 11.6 Å². The van der Waals surface area contributed by atoms with Crippen molar-refractivity contribution in [2.75, 3.05) is 5.32 Å². The fraction of sp³-hybridized carbons (Fsp3) is 0.250. The van der Waals surface area contributed by atoms with Crippen molar-refractivity contribution in [3.8, 4) is 0 Å². The molecule has 2 rings (SSSR count). The second-order valence-corrected chi connectivity index (χ2v) is 4.29. The van der Waals surface area contributed by atoms with Crippen LogP contribution in [0.2, 0.25) is 5.02 Å². The average Bonchev–Trinajstić information content (AvgIpc) is 2.59. The maximum Gasteiger partial charge on any atom is 0.143 e. The molecule has 1 aromatic carbocycles. The first-order chi connectivity index (χ1) is 8.06. The van der Waals surface area contributed by atoms with Gasteiger partial charge in [0.25, 0.3) is 0 Å². The Kier molecular flexibility index (Phi) is 3.33. The number of halogens is 2. The highest BCUT2D eigenvalue weighted by Crippen LogP contribution is 2.19. The molecular formula is C12H13ClFN3. The molecule has 17 heavy (non-hydrogen) atoms. The third-order valence-electron chi connectivity index (χ3n) is 2.49. The van der Waals surface area contributed by atoms with Gasteiger partial charge < -0.3 is 5.32 Å². The summed E-state index contributed by atoms with van der Waals surface area (Å²) in [5, 5.41) is 7.49. The molecule has 2 aromatic rings. The molecule has 0 radical (unpaired) electrons. The quantitative estimate of drug-likeness (QED) is 0.911. The molecule has 1 N–H and O–H groups in total. The minimum atomic E-state index is -0.419. The number of aryl methyl sites for hydroxylation is 2. The lowest BCUT2D eigenvalue weighted by molar-refractivity contribution is 0.628. The van der Waals surface area contributed by atoms with Crippen LogP contribution >= 0.6 is 11.6 Å². The Bertz CT molecular complexity index is 537. The fourth-order valence-corrected chi connectivity index (χ4v) is 1.75. The normalized spacial score (nSPS) is 10.6. The van der Waals surface area contributed by atoms with E-state index in [0.717, 1.165) is 11.4 Å². The van der Waals surface area contributed by atoms with Gasteiger partial charge in [0.15, 0.2) is 0 Å². The predicted molar refractivity (Wildman–Crippen MR) is 66.7 cm³/mol. The molecule has 5 heteroatoms. The summed E-state index contributed by atoms with van der Waals surface area (Å²) in [6, 6.07) is 6.65. The molecule has 0 aliphatic heterocycles. The van der Waals surface area contributed by atoms with E-state index in [4.69, 9.17) is 11.6 Å².